The van der Waals surface area contributed by atoms with Crippen LogP contribution >= 0.6 is 0 Å². The van der Waals surface area contributed by atoms with Gasteiger partial charge in [-0.3, -0.25) is 14.3 Å². The van der Waals surface area contributed by atoms with Crippen LogP contribution in [0.1, 0.15) is 46.9 Å². The number of aryl methyl sites for hydroxylation is 2. The molecule has 2 atom stereocenters. The largest absolute Gasteiger partial charge is 0.504 e. The molecular formula is C26H26N4O6. The number of amides is 1. The highest BCUT2D eigenvalue weighted by atomic mass is 16.5. The van der Waals surface area contributed by atoms with E-state index in [1.165, 1.54) is 25.3 Å². The molecule has 36 heavy (non-hydrogen) atoms. The summed E-state index contributed by atoms with van der Waals surface area (Å²) in [5.41, 5.74) is 0.658. The maximum atomic E-state index is 13.4. The van der Waals surface area contributed by atoms with Crippen molar-refractivity contribution in [1.82, 2.24) is 20.1 Å². The number of nitrogens with one attached hydrogen (secondary N) is 1. The van der Waals surface area contributed by atoms with E-state index in [0.717, 1.165) is 5.56 Å². The first-order chi connectivity index (χ1) is 17.3. The number of ether oxygens (including phenoxy) is 1. The molecule has 0 radical (unpaired) electrons. The van der Waals surface area contributed by atoms with E-state index in [0.29, 0.717) is 11.4 Å². The van der Waals surface area contributed by atoms with E-state index >= 15 is 0 Å². The number of phenols is 1. The molecule has 0 aliphatic carbocycles. The summed E-state index contributed by atoms with van der Waals surface area (Å²) in [6.45, 7) is 1.58. The summed E-state index contributed by atoms with van der Waals surface area (Å²) in [5, 5.41) is 27.9. The maximum absolute atomic E-state index is 13.4. The van der Waals surface area contributed by atoms with Gasteiger partial charge in [-0.1, -0.05) is 36.4 Å². The molecule has 4 aromatic rings. The van der Waals surface area contributed by atoms with E-state index in [-0.39, 0.29) is 29.4 Å². The van der Waals surface area contributed by atoms with E-state index in [2.05, 4.69) is 15.4 Å². The van der Waals surface area contributed by atoms with Gasteiger partial charge in [-0.15, -0.1) is 0 Å². The molecule has 0 saturated carbocycles. The van der Waals surface area contributed by atoms with Crippen LogP contribution in [0.15, 0.2) is 70.1 Å². The quantitative estimate of drug-likeness (QED) is 0.343. The number of nitrogens with zero attached hydrogens (tertiary/aromatic N) is 3. The van der Waals surface area contributed by atoms with E-state index in [9.17, 15) is 19.8 Å². The number of hydrogen-bond donors (Lipinski definition) is 3. The first kappa shape index (κ1) is 24.5. The van der Waals surface area contributed by atoms with Crippen LogP contribution in [-0.2, 0) is 11.8 Å². The molecule has 0 bridgehead atoms. The molecule has 2 aromatic heterocycles. The lowest BCUT2D eigenvalue weighted by atomic mass is 9.91. The van der Waals surface area contributed by atoms with Gasteiger partial charge in [0.05, 0.1) is 13.0 Å². The van der Waals surface area contributed by atoms with Crippen LogP contribution in [0.2, 0.25) is 0 Å². The molecule has 0 spiro atoms. The normalized spacial score (nSPS) is 12.6. The van der Waals surface area contributed by atoms with Crippen LogP contribution in [0, 0.1) is 6.92 Å². The first-order valence-electron chi connectivity index (χ1n) is 11.2. The third-order valence-corrected chi connectivity index (χ3v) is 5.70. The summed E-state index contributed by atoms with van der Waals surface area (Å²) in [6.07, 6.45) is 1.35. The van der Waals surface area contributed by atoms with Crippen LogP contribution in [0.25, 0.3) is 0 Å². The molecule has 2 aromatic carbocycles. The van der Waals surface area contributed by atoms with Gasteiger partial charge in [0.2, 0.25) is 17.1 Å². The van der Waals surface area contributed by atoms with Crippen molar-refractivity contribution >= 4 is 5.91 Å². The molecule has 0 aliphatic rings. The fourth-order valence-electron chi connectivity index (χ4n) is 3.97. The van der Waals surface area contributed by atoms with Crippen molar-refractivity contribution in [2.75, 3.05) is 7.11 Å². The van der Waals surface area contributed by atoms with Crippen LogP contribution in [-0.4, -0.2) is 38.0 Å². The Morgan fingerprint density at radius 3 is 2.56 bits per heavy atom. The van der Waals surface area contributed by atoms with Gasteiger partial charge in [-0.05, 0) is 30.2 Å². The summed E-state index contributed by atoms with van der Waals surface area (Å²) < 4.78 is 12.5. The van der Waals surface area contributed by atoms with E-state index < -0.39 is 29.0 Å². The smallest absolute Gasteiger partial charge is 0.227 e. The number of aromatic hydroxyl groups is 2. The lowest BCUT2D eigenvalue weighted by molar-refractivity contribution is -0.122. The molecule has 0 aliphatic heterocycles. The van der Waals surface area contributed by atoms with Crippen molar-refractivity contribution in [2.45, 2.75) is 25.3 Å². The Balaban J connectivity index is 1.72. The van der Waals surface area contributed by atoms with Crippen LogP contribution < -0.4 is 15.5 Å². The lowest BCUT2D eigenvalue weighted by Gasteiger charge is -2.21. The molecular weight excluding hydrogens is 464 g/mol. The number of phenolic OH excluding ortho intramolecular Hbond substituents is 1. The van der Waals surface area contributed by atoms with Crippen molar-refractivity contribution in [3.8, 4) is 17.2 Å². The Morgan fingerprint density at radius 2 is 1.89 bits per heavy atom. The summed E-state index contributed by atoms with van der Waals surface area (Å²) in [7, 11) is 3.13. The third-order valence-electron chi connectivity index (χ3n) is 5.70. The number of hydrogen-bond acceptors (Lipinski definition) is 8. The van der Waals surface area contributed by atoms with E-state index in [1.807, 2.05) is 30.3 Å². The summed E-state index contributed by atoms with van der Waals surface area (Å²) >= 11 is 0. The minimum atomic E-state index is -0.861. The molecule has 10 nitrogen and oxygen atoms in total. The third kappa shape index (κ3) is 5.22. The fraction of sp³-hybridized carbons (Fsp3) is 0.231. The predicted molar refractivity (Wildman–Crippen MR) is 130 cm³/mol. The SMILES string of the molecule is COc1cc([C@@H](CC(=O)N[C@H](c2ccccc2)c2ncn(C)n2)c2oc(C)cc(=O)c2O)ccc1O. The number of carbonyl (C=O) groups excluding carboxylic acids is 1. The lowest BCUT2D eigenvalue weighted by Crippen LogP contribution is -2.31. The van der Waals surface area contributed by atoms with Crippen LogP contribution in [0.4, 0.5) is 0 Å². The molecule has 0 fully saturated rings. The zero-order valence-corrected chi connectivity index (χ0v) is 20.0. The van der Waals surface area contributed by atoms with Crippen molar-refractivity contribution in [3.05, 3.63) is 99.6 Å². The van der Waals surface area contributed by atoms with Crippen molar-refractivity contribution < 1.29 is 24.2 Å². The second kappa shape index (κ2) is 10.3. The van der Waals surface area contributed by atoms with Gasteiger partial charge < -0.3 is 24.7 Å². The predicted octanol–water partition coefficient (Wildman–Crippen LogP) is 2.92. The standard InChI is InChI=1S/C26H26N4O6/c1-15-11-20(32)24(34)25(36-15)18(17-9-10-19(31)21(12-17)35-3)13-22(33)28-23(16-7-5-4-6-8-16)26-27-14-30(2)29-26/h4-12,14,18,23,31,34H,13H2,1-3H3,(H,28,33)/t18-,23-/m1/s1. The first-order valence-corrected chi connectivity index (χ1v) is 11.2. The number of rotatable bonds is 8. The topological polar surface area (TPSA) is 140 Å². The summed E-state index contributed by atoms with van der Waals surface area (Å²) in [4.78, 5) is 30.0. The zero-order chi connectivity index (χ0) is 25.8. The summed E-state index contributed by atoms with van der Waals surface area (Å²) in [5.74, 6) is -1.14. The average Bonchev–Trinajstić information content (AvgIpc) is 3.30. The molecule has 186 valence electrons. The molecule has 3 N–H and O–H groups in total. The van der Waals surface area contributed by atoms with Crippen LogP contribution in [0.3, 0.4) is 0 Å². The number of aromatic nitrogens is 3. The average molecular weight is 491 g/mol. The molecule has 1 amide bonds. The van der Waals surface area contributed by atoms with Gasteiger partial charge in [0.15, 0.2) is 23.1 Å². The monoisotopic (exact) mass is 490 g/mol. The van der Waals surface area contributed by atoms with Crippen molar-refractivity contribution in [2.24, 2.45) is 7.05 Å². The number of benzene rings is 2. The van der Waals surface area contributed by atoms with E-state index in [4.69, 9.17) is 9.15 Å². The van der Waals surface area contributed by atoms with Crippen molar-refractivity contribution in [3.63, 3.8) is 0 Å². The summed E-state index contributed by atoms with van der Waals surface area (Å²) in [6, 6.07) is 14.3. The second-order valence-electron chi connectivity index (χ2n) is 8.31. The molecule has 10 heteroatoms. The van der Waals surface area contributed by atoms with Gasteiger partial charge in [0.1, 0.15) is 18.1 Å². The highest BCUT2D eigenvalue weighted by molar-refractivity contribution is 5.78. The second-order valence-corrected chi connectivity index (χ2v) is 8.31. The Hall–Kier alpha value is -4.60. The van der Waals surface area contributed by atoms with E-state index in [1.54, 1.807) is 31.0 Å². The van der Waals surface area contributed by atoms with Gasteiger partial charge in [0, 0.05) is 19.5 Å². The molecule has 0 unspecified atom stereocenters. The van der Waals surface area contributed by atoms with Crippen molar-refractivity contribution in [1.29, 1.82) is 0 Å². The molecule has 2 heterocycles. The Morgan fingerprint density at radius 1 is 1.14 bits per heavy atom. The fourth-order valence-corrected chi connectivity index (χ4v) is 3.97. The number of methoxy groups -OCH3 is 1. The zero-order valence-electron chi connectivity index (χ0n) is 20.0. The Bertz CT molecular complexity index is 1430. The minimum Gasteiger partial charge on any atom is -0.504 e. The van der Waals surface area contributed by atoms with Gasteiger partial charge in [-0.25, -0.2) is 4.98 Å². The molecule has 4 rings (SSSR count). The van der Waals surface area contributed by atoms with Gasteiger partial charge in [-0.2, -0.15) is 5.10 Å². The molecule has 0 saturated heterocycles. The highest BCUT2D eigenvalue weighted by Gasteiger charge is 2.29. The van der Waals surface area contributed by atoms with Gasteiger partial charge >= 0.3 is 0 Å². The Kier molecular flexibility index (Phi) is 7.05. The van der Waals surface area contributed by atoms with Crippen LogP contribution in [0.5, 0.6) is 17.2 Å². The Labute approximate surface area is 206 Å². The number of carbonyl (C=O) groups is 1. The van der Waals surface area contributed by atoms with Gasteiger partial charge in [0.25, 0.3) is 0 Å². The highest BCUT2D eigenvalue weighted by Crippen LogP contribution is 2.37. The minimum absolute atomic E-state index is 0.0601. The maximum Gasteiger partial charge on any atom is 0.227 e.